The summed E-state index contributed by atoms with van der Waals surface area (Å²) in [6, 6.07) is 9.28. The van der Waals surface area contributed by atoms with Gasteiger partial charge in [0.15, 0.2) is 0 Å². The first-order chi connectivity index (χ1) is 9.06. The number of H-pyrrole nitrogens is 1. The van der Waals surface area contributed by atoms with Crippen LogP contribution >= 0.6 is 23.2 Å². The molecule has 0 amide bonds. The number of nitrogens with two attached hydrogens (primary N) is 1. The minimum absolute atomic E-state index is 0.497. The molecular weight excluding hydrogens is 281 g/mol. The number of aromatic amines is 1. The Kier molecular flexibility index (Phi) is 2.88. The van der Waals surface area contributed by atoms with Gasteiger partial charge in [-0.05, 0) is 30.7 Å². The second-order valence-electron chi connectivity index (χ2n) is 4.39. The van der Waals surface area contributed by atoms with Crippen molar-refractivity contribution in [2.45, 2.75) is 6.92 Å². The number of imidazole rings is 1. The van der Waals surface area contributed by atoms with Crippen LogP contribution in [0.4, 0.5) is 5.69 Å². The van der Waals surface area contributed by atoms with Crippen LogP contribution in [0.1, 0.15) is 5.56 Å². The molecule has 0 atom stereocenters. The maximum atomic E-state index is 6.00. The minimum Gasteiger partial charge on any atom is -0.398 e. The summed E-state index contributed by atoms with van der Waals surface area (Å²) >= 11 is 12.0. The Bertz CT molecular complexity index is 739. The van der Waals surface area contributed by atoms with Crippen molar-refractivity contribution in [2.75, 3.05) is 5.73 Å². The summed E-state index contributed by atoms with van der Waals surface area (Å²) in [4.78, 5) is 7.77. The second-order valence-corrected chi connectivity index (χ2v) is 5.20. The molecule has 3 nitrogen and oxygen atoms in total. The van der Waals surface area contributed by atoms with Gasteiger partial charge in [0.2, 0.25) is 0 Å². The molecule has 0 saturated heterocycles. The van der Waals surface area contributed by atoms with E-state index in [0.29, 0.717) is 10.0 Å². The molecule has 0 aliphatic carbocycles. The van der Waals surface area contributed by atoms with Crippen LogP contribution in [0.5, 0.6) is 0 Å². The van der Waals surface area contributed by atoms with E-state index in [4.69, 9.17) is 28.9 Å². The maximum absolute atomic E-state index is 6.00. The molecule has 0 bridgehead atoms. The Hall–Kier alpha value is -1.71. The molecule has 5 heteroatoms. The standard InChI is InChI=1S/C14H11Cl2N3/c1-7-8(3-2-4-11(7)17)14-18-12-5-9(15)10(16)6-13(12)19-14/h2-6H,17H2,1H3,(H,18,19). The summed E-state index contributed by atoms with van der Waals surface area (Å²) in [7, 11) is 0. The van der Waals surface area contributed by atoms with Crippen LogP contribution in [0.2, 0.25) is 10.0 Å². The number of anilines is 1. The van der Waals surface area contributed by atoms with Crippen molar-refractivity contribution in [3.05, 3.63) is 45.9 Å². The van der Waals surface area contributed by atoms with Crippen molar-refractivity contribution in [3.8, 4) is 11.4 Å². The second kappa shape index (κ2) is 4.44. The topological polar surface area (TPSA) is 54.7 Å². The summed E-state index contributed by atoms with van der Waals surface area (Å²) in [5.41, 5.74) is 10.3. The van der Waals surface area contributed by atoms with Crippen LogP contribution in [-0.2, 0) is 0 Å². The Labute approximate surface area is 120 Å². The van der Waals surface area contributed by atoms with E-state index < -0.39 is 0 Å². The average molecular weight is 292 g/mol. The number of fused-ring (bicyclic) bond motifs is 1. The molecule has 0 fully saturated rings. The third-order valence-electron chi connectivity index (χ3n) is 3.15. The van der Waals surface area contributed by atoms with Crippen molar-refractivity contribution >= 4 is 39.9 Å². The zero-order chi connectivity index (χ0) is 13.6. The minimum atomic E-state index is 0.497. The number of halogens is 2. The molecular formula is C14H11Cl2N3. The number of benzene rings is 2. The molecule has 0 unspecified atom stereocenters. The molecule has 1 heterocycles. The highest BCUT2D eigenvalue weighted by Crippen LogP contribution is 2.30. The van der Waals surface area contributed by atoms with E-state index in [1.165, 1.54) is 0 Å². The van der Waals surface area contributed by atoms with E-state index in [0.717, 1.165) is 33.7 Å². The average Bonchev–Trinajstić information content (AvgIpc) is 2.76. The Morgan fingerprint density at radius 3 is 2.68 bits per heavy atom. The molecule has 3 rings (SSSR count). The molecule has 0 spiro atoms. The van der Waals surface area contributed by atoms with Crippen molar-refractivity contribution in [1.82, 2.24) is 9.97 Å². The highest BCUT2D eigenvalue weighted by atomic mass is 35.5. The Morgan fingerprint density at radius 2 is 1.89 bits per heavy atom. The third-order valence-corrected chi connectivity index (χ3v) is 3.88. The summed E-state index contributed by atoms with van der Waals surface area (Å²) in [6.45, 7) is 1.97. The van der Waals surface area contributed by atoms with Crippen LogP contribution in [0.3, 0.4) is 0 Å². The van der Waals surface area contributed by atoms with Gasteiger partial charge in [-0.2, -0.15) is 0 Å². The summed E-state index contributed by atoms with van der Waals surface area (Å²) in [5.74, 6) is 0.762. The lowest BCUT2D eigenvalue weighted by atomic mass is 10.1. The number of hydrogen-bond donors (Lipinski definition) is 2. The van der Waals surface area contributed by atoms with Gasteiger partial charge in [0.1, 0.15) is 5.82 Å². The Balaban J connectivity index is 2.23. The number of aromatic nitrogens is 2. The van der Waals surface area contributed by atoms with E-state index in [-0.39, 0.29) is 0 Å². The quantitative estimate of drug-likeness (QED) is 0.652. The molecule has 0 radical (unpaired) electrons. The first-order valence-electron chi connectivity index (χ1n) is 5.76. The maximum Gasteiger partial charge on any atom is 0.138 e. The largest absolute Gasteiger partial charge is 0.398 e. The normalized spacial score (nSPS) is 11.1. The predicted octanol–water partition coefficient (Wildman–Crippen LogP) is 4.43. The fourth-order valence-corrected chi connectivity index (χ4v) is 2.36. The molecule has 1 aromatic heterocycles. The van der Waals surface area contributed by atoms with Crippen molar-refractivity contribution in [1.29, 1.82) is 0 Å². The lowest BCUT2D eigenvalue weighted by Crippen LogP contribution is -1.92. The highest BCUT2D eigenvalue weighted by molar-refractivity contribution is 6.42. The number of nitrogens with one attached hydrogen (secondary N) is 1. The van der Waals surface area contributed by atoms with Gasteiger partial charge in [0.25, 0.3) is 0 Å². The molecule has 2 aromatic carbocycles. The van der Waals surface area contributed by atoms with E-state index in [1.807, 2.05) is 25.1 Å². The number of hydrogen-bond acceptors (Lipinski definition) is 2. The molecule has 96 valence electrons. The molecule has 3 N–H and O–H groups in total. The van der Waals surface area contributed by atoms with Crippen molar-refractivity contribution < 1.29 is 0 Å². The number of nitrogens with zero attached hydrogens (tertiary/aromatic N) is 1. The Morgan fingerprint density at radius 1 is 1.16 bits per heavy atom. The SMILES string of the molecule is Cc1c(N)cccc1-c1nc2cc(Cl)c(Cl)cc2[nH]1. The first-order valence-corrected chi connectivity index (χ1v) is 6.52. The summed E-state index contributed by atoms with van der Waals surface area (Å²) < 4.78 is 0. The van der Waals surface area contributed by atoms with Gasteiger partial charge >= 0.3 is 0 Å². The van der Waals surface area contributed by atoms with Crippen LogP contribution in [-0.4, -0.2) is 9.97 Å². The van der Waals surface area contributed by atoms with Crippen LogP contribution in [0.15, 0.2) is 30.3 Å². The smallest absolute Gasteiger partial charge is 0.138 e. The van der Waals surface area contributed by atoms with Gasteiger partial charge in [-0.15, -0.1) is 0 Å². The summed E-state index contributed by atoms with van der Waals surface area (Å²) in [5, 5.41) is 1.00. The number of rotatable bonds is 1. The zero-order valence-electron chi connectivity index (χ0n) is 10.2. The molecule has 19 heavy (non-hydrogen) atoms. The first kappa shape index (κ1) is 12.3. The van der Waals surface area contributed by atoms with Gasteiger partial charge in [0, 0.05) is 11.3 Å². The monoisotopic (exact) mass is 291 g/mol. The zero-order valence-corrected chi connectivity index (χ0v) is 11.7. The van der Waals surface area contributed by atoms with Gasteiger partial charge < -0.3 is 10.7 Å². The van der Waals surface area contributed by atoms with Crippen LogP contribution in [0, 0.1) is 6.92 Å². The fraction of sp³-hybridized carbons (Fsp3) is 0.0714. The van der Waals surface area contributed by atoms with Gasteiger partial charge in [-0.3, -0.25) is 0 Å². The van der Waals surface area contributed by atoms with Gasteiger partial charge in [-0.1, -0.05) is 35.3 Å². The van der Waals surface area contributed by atoms with E-state index >= 15 is 0 Å². The van der Waals surface area contributed by atoms with E-state index in [1.54, 1.807) is 12.1 Å². The fourth-order valence-electron chi connectivity index (χ4n) is 2.04. The van der Waals surface area contributed by atoms with E-state index in [9.17, 15) is 0 Å². The molecule has 3 aromatic rings. The number of nitrogen functional groups attached to an aromatic ring is 1. The third kappa shape index (κ3) is 2.05. The predicted molar refractivity (Wildman–Crippen MR) is 80.7 cm³/mol. The highest BCUT2D eigenvalue weighted by Gasteiger charge is 2.10. The van der Waals surface area contributed by atoms with Crippen molar-refractivity contribution in [2.24, 2.45) is 0 Å². The summed E-state index contributed by atoms with van der Waals surface area (Å²) in [6.07, 6.45) is 0. The van der Waals surface area contributed by atoms with Gasteiger partial charge in [-0.25, -0.2) is 4.98 Å². The lowest BCUT2D eigenvalue weighted by Gasteiger charge is -2.04. The molecule has 0 aliphatic heterocycles. The van der Waals surface area contributed by atoms with E-state index in [2.05, 4.69) is 9.97 Å². The van der Waals surface area contributed by atoms with Crippen LogP contribution in [0.25, 0.3) is 22.4 Å². The van der Waals surface area contributed by atoms with Gasteiger partial charge in [0.05, 0.1) is 21.1 Å². The molecule has 0 aliphatic rings. The lowest BCUT2D eigenvalue weighted by molar-refractivity contribution is 1.31. The van der Waals surface area contributed by atoms with Crippen molar-refractivity contribution in [3.63, 3.8) is 0 Å². The van der Waals surface area contributed by atoms with Crippen LogP contribution < -0.4 is 5.73 Å². The molecule has 0 saturated carbocycles.